The van der Waals surface area contributed by atoms with Crippen LogP contribution in [-0.2, 0) is 28.3 Å². The van der Waals surface area contributed by atoms with Gasteiger partial charge >= 0.3 is 0 Å². The maximum absolute atomic E-state index is 13.5. The number of halogens is 1. The number of nitrogens with zero attached hydrogens (tertiary/aromatic N) is 1. The van der Waals surface area contributed by atoms with Gasteiger partial charge in [0.15, 0.2) is 0 Å². The summed E-state index contributed by atoms with van der Waals surface area (Å²) in [6.45, 7) is 2.99. The SMILES string of the molecule is CCCNC(=O)[C@H](Cc1ccccc1)N(Cc1cccc(Br)c1)C(=O)CSCc1ccccc1. The van der Waals surface area contributed by atoms with E-state index in [0.717, 1.165) is 27.8 Å². The van der Waals surface area contributed by atoms with Crippen LogP contribution in [-0.4, -0.2) is 35.1 Å². The van der Waals surface area contributed by atoms with Gasteiger partial charge in [-0.25, -0.2) is 0 Å². The molecule has 0 saturated carbocycles. The van der Waals surface area contributed by atoms with Gasteiger partial charge in [0.05, 0.1) is 5.75 Å². The van der Waals surface area contributed by atoms with E-state index in [4.69, 9.17) is 0 Å². The van der Waals surface area contributed by atoms with Gasteiger partial charge in [-0.15, -0.1) is 11.8 Å². The smallest absolute Gasteiger partial charge is 0.243 e. The van der Waals surface area contributed by atoms with Gasteiger partial charge < -0.3 is 10.2 Å². The highest BCUT2D eigenvalue weighted by Crippen LogP contribution is 2.20. The first-order chi connectivity index (χ1) is 16.6. The van der Waals surface area contributed by atoms with Crippen molar-refractivity contribution < 1.29 is 9.59 Å². The Bertz CT molecular complexity index is 1050. The number of benzene rings is 3. The molecule has 2 amide bonds. The van der Waals surface area contributed by atoms with Crippen molar-refractivity contribution in [3.05, 3.63) is 106 Å². The Morgan fingerprint density at radius 1 is 0.912 bits per heavy atom. The molecule has 0 saturated heterocycles. The standard InChI is InChI=1S/C28H31BrN2O2S/c1-2-16-30-28(33)26(18-22-10-5-3-6-11-22)31(19-24-14-9-15-25(29)17-24)27(32)21-34-20-23-12-7-4-8-13-23/h3-15,17,26H,2,16,18-21H2,1H3,(H,30,33)/t26-/m0/s1. The van der Waals surface area contributed by atoms with Crippen LogP contribution in [0.5, 0.6) is 0 Å². The second kappa shape index (κ2) is 14.0. The molecule has 0 aliphatic heterocycles. The summed E-state index contributed by atoms with van der Waals surface area (Å²) < 4.78 is 0.950. The minimum Gasteiger partial charge on any atom is -0.354 e. The third kappa shape index (κ3) is 8.33. The maximum atomic E-state index is 13.5. The van der Waals surface area contributed by atoms with Gasteiger partial charge in [0.1, 0.15) is 6.04 Å². The minimum atomic E-state index is -0.585. The fourth-order valence-corrected chi connectivity index (χ4v) is 4.98. The Kier molecular flexibility index (Phi) is 10.7. The Labute approximate surface area is 215 Å². The van der Waals surface area contributed by atoms with Crippen LogP contribution in [0.1, 0.15) is 30.0 Å². The Hall–Kier alpha value is -2.57. The zero-order valence-corrected chi connectivity index (χ0v) is 21.9. The van der Waals surface area contributed by atoms with Crippen molar-refractivity contribution in [2.75, 3.05) is 12.3 Å². The van der Waals surface area contributed by atoms with E-state index >= 15 is 0 Å². The van der Waals surface area contributed by atoms with E-state index in [-0.39, 0.29) is 11.8 Å². The molecule has 0 radical (unpaired) electrons. The molecule has 178 valence electrons. The Morgan fingerprint density at radius 3 is 2.21 bits per heavy atom. The molecule has 0 aliphatic carbocycles. The van der Waals surface area contributed by atoms with Crippen molar-refractivity contribution in [2.24, 2.45) is 0 Å². The Morgan fingerprint density at radius 2 is 1.56 bits per heavy atom. The minimum absolute atomic E-state index is 0.0338. The first-order valence-corrected chi connectivity index (χ1v) is 13.5. The molecule has 1 N–H and O–H groups in total. The molecule has 0 aromatic heterocycles. The molecule has 1 atom stereocenters. The quantitative estimate of drug-likeness (QED) is 0.314. The number of thioether (sulfide) groups is 1. The van der Waals surface area contributed by atoms with Crippen molar-refractivity contribution in [2.45, 2.75) is 38.1 Å². The molecule has 0 aliphatic rings. The highest BCUT2D eigenvalue weighted by Gasteiger charge is 2.30. The lowest BCUT2D eigenvalue weighted by molar-refractivity contribution is -0.139. The van der Waals surface area contributed by atoms with E-state index in [1.54, 1.807) is 16.7 Å². The number of nitrogens with one attached hydrogen (secondary N) is 1. The zero-order valence-electron chi connectivity index (χ0n) is 19.5. The molecule has 6 heteroatoms. The first-order valence-electron chi connectivity index (χ1n) is 11.5. The number of hydrogen-bond acceptors (Lipinski definition) is 3. The van der Waals surface area contributed by atoms with Crippen molar-refractivity contribution >= 4 is 39.5 Å². The lowest BCUT2D eigenvalue weighted by atomic mass is 10.0. The van der Waals surface area contributed by atoms with Crippen LogP contribution < -0.4 is 5.32 Å². The normalized spacial score (nSPS) is 11.6. The monoisotopic (exact) mass is 538 g/mol. The predicted octanol–water partition coefficient (Wildman–Crippen LogP) is 5.85. The summed E-state index contributed by atoms with van der Waals surface area (Å²) in [7, 11) is 0. The summed E-state index contributed by atoms with van der Waals surface area (Å²) in [6.07, 6.45) is 1.32. The average Bonchev–Trinajstić information content (AvgIpc) is 2.86. The van der Waals surface area contributed by atoms with Gasteiger partial charge in [-0.05, 0) is 35.2 Å². The molecule has 0 unspecified atom stereocenters. The summed E-state index contributed by atoms with van der Waals surface area (Å²) in [5, 5.41) is 3.02. The van der Waals surface area contributed by atoms with Gasteiger partial charge in [-0.2, -0.15) is 0 Å². The fraction of sp³-hybridized carbons (Fsp3) is 0.286. The molecule has 0 bridgehead atoms. The van der Waals surface area contributed by atoms with Gasteiger partial charge in [-0.3, -0.25) is 9.59 Å². The van der Waals surface area contributed by atoms with Crippen LogP contribution in [0.3, 0.4) is 0 Å². The second-order valence-corrected chi connectivity index (χ2v) is 10.0. The van der Waals surface area contributed by atoms with E-state index in [0.29, 0.717) is 25.3 Å². The summed E-state index contributed by atoms with van der Waals surface area (Å²) >= 11 is 5.10. The van der Waals surface area contributed by atoms with E-state index in [1.807, 2.05) is 79.7 Å². The van der Waals surface area contributed by atoms with Crippen molar-refractivity contribution in [3.8, 4) is 0 Å². The predicted molar refractivity (Wildman–Crippen MR) is 145 cm³/mol. The van der Waals surface area contributed by atoms with Crippen LogP contribution in [0.25, 0.3) is 0 Å². The largest absolute Gasteiger partial charge is 0.354 e. The molecule has 4 nitrogen and oxygen atoms in total. The molecule has 34 heavy (non-hydrogen) atoms. The van der Waals surface area contributed by atoms with E-state index in [1.165, 1.54) is 5.56 Å². The van der Waals surface area contributed by atoms with Gasteiger partial charge in [0, 0.05) is 29.7 Å². The number of hydrogen-bond donors (Lipinski definition) is 1. The summed E-state index contributed by atoms with van der Waals surface area (Å²) in [6, 6.07) is 27.3. The lowest BCUT2D eigenvalue weighted by Gasteiger charge is -2.31. The van der Waals surface area contributed by atoms with Crippen LogP contribution in [0.4, 0.5) is 0 Å². The van der Waals surface area contributed by atoms with Crippen LogP contribution >= 0.6 is 27.7 Å². The molecule has 0 spiro atoms. The molecule has 3 aromatic carbocycles. The zero-order chi connectivity index (χ0) is 24.2. The van der Waals surface area contributed by atoms with Crippen LogP contribution in [0, 0.1) is 0 Å². The fourth-order valence-electron chi connectivity index (χ4n) is 3.67. The number of carbonyl (C=O) groups excluding carboxylic acids is 2. The lowest BCUT2D eigenvalue weighted by Crippen LogP contribution is -2.51. The third-order valence-corrected chi connectivity index (χ3v) is 6.88. The van der Waals surface area contributed by atoms with Gasteiger partial charge in [0.25, 0.3) is 0 Å². The summed E-state index contributed by atoms with van der Waals surface area (Å²) in [4.78, 5) is 28.6. The first kappa shape index (κ1) is 26.0. The van der Waals surface area contributed by atoms with Crippen molar-refractivity contribution in [1.82, 2.24) is 10.2 Å². The highest BCUT2D eigenvalue weighted by atomic mass is 79.9. The van der Waals surface area contributed by atoms with E-state index in [9.17, 15) is 9.59 Å². The topological polar surface area (TPSA) is 49.4 Å². The van der Waals surface area contributed by atoms with Crippen LogP contribution in [0.15, 0.2) is 89.4 Å². The second-order valence-electron chi connectivity index (χ2n) is 8.13. The average molecular weight is 540 g/mol. The van der Waals surface area contributed by atoms with E-state index in [2.05, 4.69) is 33.4 Å². The molecular formula is C28H31BrN2O2S. The molecule has 3 aromatic rings. The molecule has 0 fully saturated rings. The molecule has 3 rings (SSSR count). The summed E-state index contributed by atoms with van der Waals surface area (Å²) in [5.41, 5.74) is 3.20. The molecule has 0 heterocycles. The number of rotatable bonds is 12. The van der Waals surface area contributed by atoms with Crippen LogP contribution in [0.2, 0.25) is 0 Å². The maximum Gasteiger partial charge on any atom is 0.243 e. The summed E-state index contributed by atoms with van der Waals surface area (Å²) in [5.74, 6) is 0.924. The molecular weight excluding hydrogens is 508 g/mol. The number of amides is 2. The van der Waals surface area contributed by atoms with Gasteiger partial charge in [-0.1, -0.05) is 95.7 Å². The van der Waals surface area contributed by atoms with Crippen molar-refractivity contribution in [1.29, 1.82) is 0 Å². The van der Waals surface area contributed by atoms with E-state index < -0.39 is 6.04 Å². The third-order valence-electron chi connectivity index (χ3n) is 5.40. The number of carbonyl (C=O) groups is 2. The van der Waals surface area contributed by atoms with Gasteiger partial charge in [0.2, 0.25) is 11.8 Å². The Balaban J connectivity index is 1.83. The highest BCUT2D eigenvalue weighted by molar-refractivity contribution is 9.10. The van der Waals surface area contributed by atoms with Crippen molar-refractivity contribution in [3.63, 3.8) is 0 Å².